The summed E-state index contributed by atoms with van der Waals surface area (Å²) in [5, 5.41) is 27.9. The number of hydrogen-bond donors (Lipinski definition) is 3. The maximum absolute atomic E-state index is 11.8. The van der Waals surface area contributed by atoms with E-state index in [9.17, 15) is 14.8 Å². The lowest BCUT2D eigenvalue weighted by atomic mass is 10.1. The molecule has 1 aliphatic rings. The van der Waals surface area contributed by atoms with Crippen molar-refractivity contribution in [3.8, 4) is 0 Å². The zero-order valence-electron chi connectivity index (χ0n) is 9.44. The normalized spacial score (nSPS) is 38.6. The highest BCUT2D eigenvalue weighted by Gasteiger charge is 2.41. The lowest BCUT2D eigenvalue weighted by Gasteiger charge is -2.17. The van der Waals surface area contributed by atoms with Crippen molar-refractivity contribution in [1.29, 1.82) is 0 Å². The van der Waals surface area contributed by atoms with Crippen LogP contribution in [0, 0.1) is 0 Å². The first kappa shape index (κ1) is 14.1. The average Bonchev–Trinajstić information content (AvgIpc) is 2.43. The third kappa shape index (κ3) is 3.52. The molecule has 0 bridgehead atoms. The summed E-state index contributed by atoms with van der Waals surface area (Å²) < 4.78 is 21.8. The molecule has 0 aliphatic carbocycles. The van der Waals surface area contributed by atoms with Gasteiger partial charge in [-0.25, -0.2) is 0 Å². The maximum Gasteiger partial charge on any atom is 0.200 e. The van der Waals surface area contributed by atoms with Crippen molar-refractivity contribution in [1.82, 2.24) is 0 Å². The molecule has 2 unspecified atom stereocenters. The minimum atomic E-state index is -2.67. The Bertz CT molecular complexity index is 271. The summed E-state index contributed by atoms with van der Waals surface area (Å²) in [6.45, 7) is 3.64. The summed E-state index contributed by atoms with van der Waals surface area (Å²) in [6.07, 6.45) is -3.97. The van der Waals surface area contributed by atoms with Gasteiger partial charge in [0.05, 0.1) is 12.7 Å². The highest BCUT2D eigenvalue weighted by atomic mass is 31.2. The van der Waals surface area contributed by atoms with Gasteiger partial charge >= 0.3 is 0 Å². The van der Waals surface area contributed by atoms with E-state index in [0.717, 1.165) is 0 Å². The van der Waals surface area contributed by atoms with Gasteiger partial charge in [-0.05, 0) is 13.3 Å². The molecule has 5 atom stereocenters. The Hall–Kier alpha value is 0.0300. The van der Waals surface area contributed by atoms with Crippen molar-refractivity contribution in [3.63, 3.8) is 0 Å². The van der Waals surface area contributed by atoms with Gasteiger partial charge in [-0.15, -0.1) is 0 Å². The molecule has 16 heavy (non-hydrogen) atoms. The number of aliphatic hydroxyl groups excluding tert-OH is 3. The van der Waals surface area contributed by atoms with Crippen LogP contribution >= 0.6 is 7.37 Å². The molecule has 0 radical (unpaired) electrons. The van der Waals surface area contributed by atoms with Gasteiger partial charge in [0, 0.05) is 12.8 Å². The highest BCUT2D eigenvalue weighted by Crippen LogP contribution is 2.44. The first-order chi connectivity index (χ1) is 7.37. The van der Waals surface area contributed by atoms with Crippen LogP contribution in [0.2, 0.25) is 0 Å². The highest BCUT2D eigenvalue weighted by molar-refractivity contribution is 7.58. The predicted molar refractivity (Wildman–Crippen MR) is 57.5 cm³/mol. The first-order valence-corrected chi connectivity index (χ1v) is 7.54. The number of ether oxygens (including phenoxy) is 1. The Labute approximate surface area is 94.6 Å². The van der Waals surface area contributed by atoms with E-state index in [1.165, 1.54) is 6.66 Å². The second-order valence-corrected chi connectivity index (χ2v) is 6.72. The smallest absolute Gasteiger partial charge is 0.200 e. The summed E-state index contributed by atoms with van der Waals surface area (Å²) in [5.74, 6) is 0. The molecule has 0 saturated carbocycles. The van der Waals surface area contributed by atoms with Crippen molar-refractivity contribution in [3.05, 3.63) is 0 Å². The van der Waals surface area contributed by atoms with E-state index in [-0.39, 0.29) is 12.6 Å². The largest absolute Gasteiger partial charge is 0.387 e. The van der Waals surface area contributed by atoms with Crippen LogP contribution in [0.15, 0.2) is 0 Å². The van der Waals surface area contributed by atoms with Crippen LogP contribution in [0.1, 0.15) is 13.3 Å². The molecule has 0 aromatic rings. The van der Waals surface area contributed by atoms with Crippen LogP contribution < -0.4 is 0 Å². The fraction of sp³-hybridized carbons (Fsp3) is 1.00. The molecule has 0 amide bonds. The fourth-order valence-electron chi connectivity index (χ4n) is 1.67. The number of aliphatic hydroxyl groups is 3. The van der Waals surface area contributed by atoms with Crippen LogP contribution in [0.3, 0.4) is 0 Å². The van der Waals surface area contributed by atoms with Gasteiger partial charge in [-0.2, -0.15) is 0 Å². The fourth-order valence-corrected chi connectivity index (χ4v) is 3.07. The predicted octanol–water partition coefficient (Wildman–Crippen LogP) is -0.240. The van der Waals surface area contributed by atoms with E-state index >= 15 is 0 Å². The third-order valence-corrected chi connectivity index (χ3v) is 4.43. The van der Waals surface area contributed by atoms with Crippen molar-refractivity contribution >= 4 is 7.37 Å². The number of hydrogen-bond acceptors (Lipinski definition) is 6. The van der Waals surface area contributed by atoms with Gasteiger partial charge in [0.25, 0.3) is 0 Å². The molecule has 6 nitrogen and oxygen atoms in total. The van der Waals surface area contributed by atoms with Gasteiger partial charge < -0.3 is 24.6 Å². The Kier molecular flexibility index (Phi) is 4.91. The minimum Gasteiger partial charge on any atom is -0.387 e. The van der Waals surface area contributed by atoms with Gasteiger partial charge in [0.15, 0.2) is 13.7 Å². The standard InChI is InChI=1S/C9H19O6P/c1-3-14-16(2,13)5-4-6-7(10)8(11)9(12)15-6/h6-12H,3-5H2,1-2H3/t6-,7-,8-,9?,16?/m1/s1. The molecule has 1 fully saturated rings. The van der Waals surface area contributed by atoms with E-state index in [0.29, 0.717) is 6.61 Å². The number of rotatable bonds is 5. The van der Waals surface area contributed by atoms with Crippen LogP contribution in [0.5, 0.6) is 0 Å². The molecular formula is C9H19O6P. The molecule has 0 aromatic heterocycles. The van der Waals surface area contributed by atoms with E-state index in [1.54, 1.807) is 6.92 Å². The Morgan fingerprint density at radius 3 is 2.38 bits per heavy atom. The summed E-state index contributed by atoms with van der Waals surface area (Å²) in [7, 11) is -2.67. The summed E-state index contributed by atoms with van der Waals surface area (Å²) >= 11 is 0. The van der Waals surface area contributed by atoms with Crippen molar-refractivity contribution < 1.29 is 29.1 Å². The molecule has 3 N–H and O–H groups in total. The molecule has 1 heterocycles. The molecule has 0 aromatic carbocycles. The molecule has 96 valence electrons. The second-order valence-electron chi connectivity index (χ2n) is 3.99. The average molecular weight is 254 g/mol. The molecule has 0 spiro atoms. The zero-order chi connectivity index (χ0) is 12.3. The molecule has 1 aliphatic heterocycles. The Morgan fingerprint density at radius 1 is 1.31 bits per heavy atom. The monoisotopic (exact) mass is 254 g/mol. The summed E-state index contributed by atoms with van der Waals surface area (Å²) in [5.41, 5.74) is 0. The Morgan fingerprint density at radius 2 is 1.94 bits per heavy atom. The van der Waals surface area contributed by atoms with Crippen molar-refractivity contribution in [2.24, 2.45) is 0 Å². The lowest BCUT2D eigenvalue weighted by Crippen LogP contribution is -2.32. The van der Waals surface area contributed by atoms with Crippen LogP contribution in [-0.4, -0.2) is 59.4 Å². The SMILES string of the molecule is CCOP(C)(=O)CC[C@H]1OC(O)[C@H](O)[C@@H]1O. The molecule has 1 rings (SSSR count). The van der Waals surface area contributed by atoms with E-state index in [4.69, 9.17) is 14.4 Å². The minimum absolute atomic E-state index is 0.252. The molecular weight excluding hydrogens is 235 g/mol. The zero-order valence-corrected chi connectivity index (χ0v) is 10.3. The van der Waals surface area contributed by atoms with Crippen molar-refractivity contribution in [2.75, 3.05) is 19.4 Å². The van der Waals surface area contributed by atoms with Gasteiger partial charge in [0.1, 0.15) is 12.2 Å². The van der Waals surface area contributed by atoms with Crippen LogP contribution in [-0.2, 0) is 13.8 Å². The topological polar surface area (TPSA) is 96.2 Å². The van der Waals surface area contributed by atoms with E-state index in [2.05, 4.69) is 0 Å². The van der Waals surface area contributed by atoms with Gasteiger partial charge in [0.2, 0.25) is 0 Å². The van der Waals surface area contributed by atoms with Crippen LogP contribution in [0.25, 0.3) is 0 Å². The van der Waals surface area contributed by atoms with E-state index < -0.39 is 32.0 Å². The van der Waals surface area contributed by atoms with Gasteiger partial charge in [-0.3, -0.25) is 4.57 Å². The van der Waals surface area contributed by atoms with Crippen molar-refractivity contribution in [2.45, 2.75) is 37.9 Å². The van der Waals surface area contributed by atoms with E-state index in [1.807, 2.05) is 0 Å². The maximum atomic E-state index is 11.8. The molecule has 1 saturated heterocycles. The second kappa shape index (κ2) is 5.58. The van der Waals surface area contributed by atoms with Crippen LogP contribution in [0.4, 0.5) is 0 Å². The summed E-state index contributed by atoms with van der Waals surface area (Å²) in [4.78, 5) is 0. The summed E-state index contributed by atoms with van der Waals surface area (Å²) in [6, 6.07) is 0. The lowest BCUT2D eigenvalue weighted by molar-refractivity contribution is -0.127. The Balaban J connectivity index is 2.42. The quantitative estimate of drug-likeness (QED) is 0.586. The molecule has 7 heteroatoms. The third-order valence-electron chi connectivity index (χ3n) is 2.56. The first-order valence-electron chi connectivity index (χ1n) is 5.28. The van der Waals surface area contributed by atoms with Gasteiger partial charge in [-0.1, -0.05) is 0 Å².